The maximum atomic E-state index is 12.8. The summed E-state index contributed by atoms with van der Waals surface area (Å²) in [5.74, 6) is -0.782. The van der Waals surface area contributed by atoms with Gasteiger partial charge in [-0.15, -0.1) is 11.6 Å². The third-order valence-electron chi connectivity index (χ3n) is 3.66. The predicted molar refractivity (Wildman–Crippen MR) is 97.1 cm³/mol. The van der Waals surface area contributed by atoms with Crippen LogP contribution in [0.3, 0.4) is 0 Å². The Kier molecular flexibility index (Phi) is 5.36. The molecule has 1 aliphatic heterocycles. The summed E-state index contributed by atoms with van der Waals surface area (Å²) in [4.78, 5) is 30.6. The van der Waals surface area contributed by atoms with Crippen LogP contribution in [0.4, 0.5) is 5.69 Å². The fraction of sp³-hybridized carbons (Fsp3) is 0.167. The molecule has 0 fully saturated rings. The summed E-state index contributed by atoms with van der Waals surface area (Å²) in [6, 6.07) is 14.5. The second-order valence-electron chi connectivity index (χ2n) is 5.38. The maximum absolute atomic E-state index is 12.8. The number of rotatable bonds is 5. The fourth-order valence-electron chi connectivity index (χ4n) is 2.54. The zero-order chi connectivity index (χ0) is 17.8. The lowest BCUT2D eigenvalue weighted by molar-refractivity contribution is -0.143. The summed E-state index contributed by atoms with van der Waals surface area (Å²) >= 11 is 11.5. The first-order valence-corrected chi connectivity index (χ1v) is 8.51. The topological polar surface area (TPSA) is 59.0 Å². The largest absolute Gasteiger partial charge is 0.336 e. The van der Waals surface area contributed by atoms with Gasteiger partial charge in [0.25, 0.3) is 5.91 Å². The molecule has 0 atom stereocenters. The van der Waals surface area contributed by atoms with Crippen molar-refractivity contribution in [3.63, 3.8) is 0 Å². The zero-order valence-corrected chi connectivity index (χ0v) is 14.6. The molecular weight excluding hydrogens is 363 g/mol. The number of carbonyl (C=O) groups is 2. The van der Waals surface area contributed by atoms with Gasteiger partial charge in [0.1, 0.15) is 0 Å². The Bertz CT molecular complexity index is 852. The van der Waals surface area contributed by atoms with Gasteiger partial charge >= 0.3 is 5.97 Å². The molecule has 1 aliphatic rings. The highest BCUT2D eigenvalue weighted by molar-refractivity contribution is 6.54. The average Bonchev–Trinajstić information content (AvgIpc) is 2.85. The van der Waals surface area contributed by atoms with E-state index in [1.54, 1.807) is 29.2 Å². The highest BCUT2D eigenvalue weighted by Gasteiger charge is 2.34. The first kappa shape index (κ1) is 17.5. The second kappa shape index (κ2) is 7.68. The Morgan fingerprint density at radius 3 is 2.72 bits per heavy atom. The molecule has 1 heterocycles. The van der Waals surface area contributed by atoms with E-state index in [4.69, 9.17) is 28.0 Å². The fourth-order valence-corrected chi connectivity index (χ4v) is 2.91. The molecule has 128 valence electrons. The number of carbonyl (C=O) groups excluding carboxylic acids is 2. The number of fused-ring (bicyclic) bond motifs is 1. The van der Waals surface area contributed by atoms with Gasteiger partial charge in [0.15, 0.2) is 5.71 Å². The van der Waals surface area contributed by atoms with Gasteiger partial charge in [-0.2, -0.15) is 0 Å². The number of para-hydroxylation sites is 1. The van der Waals surface area contributed by atoms with Crippen molar-refractivity contribution >= 4 is 46.5 Å². The Balaban J connectivity index is 1.90. The van der Waals surface area contributed by atoms with Crippen molar-refractivity contribution in [1.29, 1.82) is 0 Å². The van der Waals surface area contributed by atoms with Crippen molar-refractivity contribution in [3.8, 4) is 0 Å². The molecular formula is C18H14Cl2N2O3. The molecule has 0 unspecified atom stereocenters. The normalized spacial score (nSPS) is 14.7. The van der Waals surface area contributed by atoms with Crippen LogP contribution in [0.1, 0.15) is 17.5 Å². The standard InChI is InChI=1S/C18H14Cl2N2O3/c19-9-8-16(23)25-21-17-14-6-1-2-7-15(14)22(18(17)24)11-12-4-3-5-13(20)10-12/h1-7,10H,8-9,11H2/b21-17-. The molecule has 0 radical (unpaired) electrons. The van der Waals surface area contributed by atoms with Crippen LogP contribution in [0.5, 0.6) is 0 Å². The van der Waals surface area contributed by atoms with Crippen molar-refractivity contribution in [1.82, 2.24) is 0 Å². The minimum atomic E-state index is -0.582. The Labute approximate surface area is 154 Å². The molecule has 2 aromatic rings. The van der Waals surface area contributed by atoms with Crippen LogP contribution in [0.2, 0.25) is 5.02 Å². The Morgan fingerprint density at radius 1 is 1.16 bits per heavy atom. The van der Waals surface area contributed by atoms with E-state index < -0.39 is 5.97 Å². The van der Waals surface area contributed by atoms with Gasteiger partial charge in [0.2, 0.25) is 0 Å². The summed E-state index contributed by atoms with van der Waals surface area (Å²) in [6.07, 6.45) is 0.0282. The van der Waals surface area contributed by atoms with Crippen LogP contribution in [0.25, 0.3) is 0 Å². The summed E-state index contributed by atoms with van der Waals surface area (Å²) in [5, 5.41) is 4.36. The van der Waals surface area contributed by atoms with Crippen LogP contribution in [-0.4, -0.2) is 23.5 Å². The number of hydrogen-bond acceptors (Lipinski definition) is 4. The lowest BCUT2D eigenvalue weighted by atomic mass is 10.1. The van der Waals surface area contributed by atoms with Crippen LogP contribution >= 0.6 is 23.2 Å². The quantitative estimate of drug-likeness (QED) is 0.453. The maximum Gasteiger partial charge on any atom is 0.336 e. The number of anilines is 1. The molecule has 1 amide bonds. The molecule has 7 heteroatoms. The van der Waals surface area contributed by atoms with Crippen LogP contribution < -0.4 is 4.90 Å². The molecule has 2 aromatic carbocycles. The molecule has 0 bridgehead atoms. The summed E-state index contributed by atoms with van der Waals surface area (Å²) in [7, 11) is 0. The lowest BCUT2D eigenvalue weighted by Gasteiger charge is -2.16. The number of alkyl halides is 1. The summed E-state index contributed by atoms with van der Waals surface area (Å²) in [6.45, 7) is 0.338. The van der Waals surface area contributed by atoms with E-state index in [9.17, 15) is 9.59 Å². The van der Waals surface area contributed by atoms with Crippen molar-refractivity contribution in [2.45, 2.75) is 13.0 Å². The van der Waals surface area contributed by atoms with E-state index in [-0.39, 0.29) is 23.9 Å². The molecule has 3 rings (SSSR count). The van der Waals surface area contributed by atoms with E-state index in [0.29, 0.717) is 22.8 Å². The van der Waals surface area contributed by atoms with Crippen molar-refractivity contribution in [3.05, 3.63) is 64.7 Å². The van der Waals surface area contributed by atoms with Crippen molar-refractivity contribution < 1.29 is 14.4 Å². The monoisotopic (exact) mass is 376 g/mol. The number of amides is 1. The molecule has 0 aromatic heterocycles. The number of hydrogen-bond donors (Lipinski definition) is 0. The summed E-state index contributed by atoms with van der Waals surface area (Å²) < 4.78 is 0. The van der Waals surface area contributed by atoms with E-state index in [1.165, 1.54) is 0 Å². The minimum absolute atomic E-state index is 0.0282. The Morgan fingerprint density at radius 2 is 1.96 bits per heavy atom. The number of benzene rings is 2. The van der Waals surface area contributed by atoms with Gasteiger partial charge in [-0.05, 0) is 23.8 Å². The molecule has 0 aliphatic carbocycles. The second-order valence-corrected chi connectivity index (χ2v) is 6.19. The van der Waals surface area contributed by atoms with Crippen molar-refractivity contribution in [2.75, 3.05) is 10.8 Å². The van der Waals surface area contributed by atoms with Gasteiger partial charge in [0.05, 0.1) is 18.7 Å². The molecule has 0 saturated heterocycles. The third-order valence-corrected chi connectivity index (χ3v) is 4.09. The highest BCUT2D eigenvalue weighted by atomic mass is 35.5. The number of oxime groups is 1. The van der Waals surface area contributed by atoms with E-state index >= 15 is 0 Å². The van der Waals surface area contributed by atoms with Gasteiger partial charge in [-0.3, -0.25) is 4.79 Å². The average molecular weight is 377 g/mol. The van der Waals surface area contributed by atoms with Crippen molar-refractivity contribution in [2.24, 2.45) is 5.16 Å². The van der Waals surface area contributed by atoms with Gasteiger partial charge < -0.3 is 9.74 Å². The molecule has 0 N–H and O–H groups in total. The lowest BCUT2D eigenvalue weighted by Crippen LogP contribution is -2.29. The molecule has 0 spiro atoms. The van der Waals surface area contributed by atoms with E-state index in [1.807, 2.05) is 24.3 Å². The van der Waals surface area contributed by atoms with E-state index in [2.05, 4.69) is 5.16 Å². The van der Waals surface area contributed by atoms with Crippen LogP contribution in [0.15, 0.2) is 53.7 Å². The molecule has 0 saturated carbocycles. The van der Waals surface area contributed by atoms with Crippen LogP contribution in [-0.2, 0) is 21.0 Å². The minimum Gasteiger partial charge on any atom is -0.317 e. The molecule has 25 heavy (non-hydrogen) atoms. The first-order chi connectivity index (χ1) is 12.1. The number of halogens is 2. The predicted octanol–water partition coefficient (Wildman–Crippen LogP) is 3.76. The van der Waals surface area contributed by atoms with Crippen LogP contribution in [0, 0.1) is 0 Å². The highest BCUT2D eigenvalue weighted by Crippen LogP contribution is 2.31. The van der Waals surface area contributed by atoms with Gasteiger partial charge in [-0.1, -0.05) is 47.1 Å². The number of nitrogens with zero attached hydrogens (tertiary/aromatic N) is 2. The summed E-state index contributed by atoms with van der Waals surface area (Å²) in [5.41, 5.74) is 2.31. The first-order valence-electron chi connectivity index (χ1n) is 7.59. The Hall–Kier alpha value is -2.37. The van der Waals surface area contributed by atoms with Gasteiger partial charge in [0, 0.05) is 16.5 Å². The molecule has 5 nitrogen and oxygen atoms in total. The van der Waals surface area contributed by atoms with E-state index in [0.717, 1.165) is 5.56 Å². The smallest absolute Gasteiger partial charge is 0.317 e. The SMILES string of the molecule is O=C(CCCl)O/N=C1\C(=O)N(Cc2cccc(Cl)c2)c2ccccc21. The zero-order valence-electron chi connectivity index (χ0n) is 13.1. The third kappa shape index (κ3) is 3.83. The van der Waals surface area contributed by atoms with Gasteiger partial charge in [-0.25, -0.2) is 4.79 Å².